The number of benzene rings is 1. The van der Waals surface area contributed by atoms with Crippen LogP contribution in [-0.4, -0.2) is 36.3 Å². The highest BCUT2D eigenvalue weighted by molar-refractivity contribution is 6.30. The number of nitrogens with zero attached hydrogens (tertiary/aromatic N) is 6. The summed E-state index contributed by atoms with van der Waals surface area (Å²) in [6.07, 6.45) is 14.5. The number of halogens is 1. The highest BCUT2D eigenvalue weighted by Crippen LogP contribution is 2.30. The van der Waals surface area contributed by atoms with E-state index in [1.165, 1.54) is 0 Å². The molecule has 0 saturated carbocycles. The summed E-state index contributed by atoms with van der Waals surface area (Å²) < 4.78 is 4.01. The van der Waals surface area contributed by atoms with Crippen molar-refractivity contribution in [2.75, 3.05) is 6.54 Å². The van der Waals surface area contributed by atoms with Gasteiger partial charge in [-0.2, -0.15) is 0 Å². The Kier molecular flexibility index (Phi) is 6.69. The van der Waals surface area contributed by atoms with E-state index >= 15 is 0 Å². The van der Waals surface area contributed by atoms with Crippen LogP contribution in [0.1, 0.15) is 43.1 Å². The van der Waals surface area contributed by atoms with Gasteiger partial charge in [-0.3, -0.25) is 0 Å². The summed E-state index contributed by atoms with van der Waals surface area (Å²) in [6, 6.07) is 7.97. The molecular weight excluding hydrogens is 386 g/mol. The molecule has 7 nitrogen and oxygen atoms in total. The van der Waals surface area contributed by atoms with Gasteiger partial charge in [-0.1, -0.05) is 35.9 Å². The summed E-state index contributed by atoms with van der Waals surface area (Å²) in [6.45, 7) is 2.48. The first-order chi connectivity index (χ1) is 14.3. The second kappa shape index (κ2) is 9.80. The van der Waals surface area contributed by atoms with Crippen molar-refractivity contribution in [2.45, 2.75) is 44.8 Å². The van der Waals surface area contributed by atoms with Crippen LogP contribution in [-0.2, 0) is 13.1 Å². The molecule has 1 aliphatic rings. The largest absolute Gasteiger partial charge is 0.337 e. The van der Waals surface area contributed by atoms with E-state index in [0.717, 1.165) is 55.2 Å². The van der Waals surface area contributed by atoms with Crippen LogP contribution >= 0.6 is 11.6 Å². The molecule has 8 heteroatoms. The highest BCUT2D eigenvalue weighted by Gasteiger charge is 2.28. The standard InChI is InChI=1S/C21H26ClN7/c22-19-9-7-17(8-10-19)15-29-21(25-26-27-29)20(18-5-2-1-3-6-18)24-11-4-13-28-14-12-23-16-28/h1-2,7-10,12,14,16,18,20,24H,3-6,11,13,15H2/t18-,20?/m0/s1. The molecule has 1 N–H and O–H groups in total. The van der Waals surface area contributed by atoms with Crippen LogP contribution in [0.2, 0.25) is 5.02 Å². The van der Waals surface area contributed by atoms with Crippen LogP contribution in [0.5, 0.6) is 0 Å². The topological polar surface area (TPSA) is 73.5 Å². The first-order valence-corrected chi connectivity index (χ1v) is 10.5. The van der Waals surface area contributed by atoms with Crippen molar-refractivity contribution in [3.63, 3.8) is 0 Å². The van der Waals surface area contributed by atoms with Crippen LogP contribution < -0.4 is 5.32 Å². The van der Waals surface area contributed by atoms with E-state index in [1.54, 1.807) is 0 Å². The third kappa shape index (κ3) is 5.31. The molecule has 2 aromatic heterocycles. The normalized spacial score (nSPS) is 17.5. The number of rotatable bonds is 9. The predicted molar refractivity (Wildman–Crippen MR) is 112 cm³/mol. The Morgan fingerprint density at radius 2 is 2.10 bits per heavy atom. The molecule has 2 heterocycles. The van der Waals surface area contributed by atoms with Gasteiger partial charge in [-0.25, -0.2) is 9.67 Å². The Bertz CT molecular complexity index is 902. The molecule has 3 aromatic rings. The van der Waals surface area contributed by atoms with Gasteiger partial charge in [-0.05, 0) is 66.3 Å². The van der Waals surface area contributed by atoms with Gasteiger partial charge in [0.1, 0.15) is 0 Å². The van der Waals surface area contributed by atoms with E-state index in [-0.39, 0.29) is 6.04 Å². The Morgan fingerprint density at radius 1 is 1.21 bits per heavy atom. The van der Waals surface area contributed by atoms with Crippen LogP contribution in [0.25, 0.3) is 0 Å². The molecule has 0 fully saturated rings. The van der Waals surface area contributed by atoms with Crippen LogP contribution in [0.3, 0.4) is 0 Å². The number of aryl methyl sites for hydroxylation is 1. The van der Waals surface area contributed by atoms with Crippen LogP contribution in [0.15, 0.2) is 55.1 Å². The molecule has 1 unspecified atom stereocenters. The molecule has 0 radical (unpaired) electrons. The van der Waals surface area contributed by atoms with E-state index < -0.39 is 0 Å². The summed E-state index contributed by atoms with van der Waals surface area (Å²) in [7, 11) is 0. The van der Waals surface area contributed by atoms with Gasteiger partial charge in [0, 0.05) is 24.0 Å². The fourth-order valence-electron chi connectivity index (χ4n) is 3.84. The van der Waals surface area contributed by atoms with Crippen molar-refractivity contribution < 1.29 is 0 Å². The zero-order valence-electron chi connectivity index (χ0n) is 16.4. The van der Waals surface area contributed by atoms with Crippen molar-refractivity contribution >= 4 is 11.6 Å². The van der Waals surface area contributed by atoms with Crippen molar-refractivity contribution in [1.29, 1.82) is 0 Å². The van der Waals surface area contributed by atoms with Gasteiger partial charge >= 0.3 is 0 Å². The molecule has 1 aliphatic carbocycles. The average molecular weight is 412 g/mol. The second-order valence-electron chi connectivity index (χ2n) is 7.45. The van der Waals surface area contributed by atoms with E-state index in [9.17, 15) is 0 Å². The van der Waals surface area contributed by atoms with Crippen LogP contribution in [0, 0.1) is 5.92 Å². The summed E-state index contributed by atoms with van der Waals surface area (Å²) in [4.78, 5) is 4.10. The Morgan fingerprint density at radius 3 is 2.86 bits per heavy atom. The predicted octanol–water partition coefficient (Wildman–Crippen LogP) is 3.65. The SMILES string of the molecule is Clc1ccc(Cn2nnnc2C(NCCCn2ccnc2)[C@H]2CC=CCC2)cc1. The van der Waals surface area contributed by atoms with E-state index in [0.29, 0.717) is 12.5 Å². The van der Waals surface area contributed by atoms with Crippen LogP contribution in [0.4, 0.5) is 0 Å². The van der Waals surface area contributed by atoms with Crippen molar-refractivity contribution in [2.24, 2.45) is 5.92 Å². The third-order valence-electron chi connectivity index (χ3n) is 5.38. The minimum atomic E-state index is 0.130. The molecule has 4 rings (SSSR count). The maximum Gasteiger partial charge on any atom is 0.168 e. The van der Waals surface area contributed by atoms with Gasteiger partial charge in [0.05, 0.1) is 18.9 Å². The first-order valence-electron chi connectivity index (χ1n) is 10.1. The summed E-state index contributed by atoms with van der Waals surface area (Å²) in [5.74, 6) is 1.39. The Hall–Kier alpha value is -2.51. The lowest BCUT2D eigenvalue weighted by Crippen LogP contribution is -2.33. The molecule has 0 aliphatic heterocycles. The third-order valence-corrected chi connectivity index (χ3v) is 5.63. The summed E-state index contributed by atoms with van der Waals surface area (Å²) in [5, 5.41) is 17.1. The lowest BCUT2D eigenvalue weighted by atomic mass is 9.87. The number of imidazole rings is 1. The molecule has 2 atom stereocenters. The zero-order valence-corrected chi connectivity index (χ0v) is 17.1. The molecular formula is C21H26ClN7. The van der Waals surface area contributed by atoms with Crippen molar-refractivity contribution in [3.05, 3.63) is 71.5 Å². The number of tetrazole rings is 1. The number of hydrogen-bond acceptors (Lipinski definition) is 5. The minimum absolute atomic E-state index is 0.130. The lowest BCUT2D eigenvalue weighted by molar-refractivity contribution is 0.311. The fourth-order valence-corrected chi connectivity index (χ4v) is 3.96. The Labute approximate surface area is 175 Å². The maximum atomic E-state index is 6.02. The fraction of sp³-hybridized carbons (Fsp3) is 0.429. The van der Waals surface area contributed by atoms with E-state index in [1.807, 2.05) is 47.7 Å². The zero-order chi connectivity index (χ0) is 19.9. The van der Waals surface area contributed by atoms with Crippen molar-refractivity contribution in [1.82, 2.24) is 35.1 Å². The van der Waals surface area contributed by atoms with Gasteiger partial charge < -0.3 is 9.88 Å². The molecule has 0 saturated heterocycles. The van der Waals surface area contributed by atoms with E-state index in [2.05, 4.69) is 42.5 Å². The first kappa shape index (κ1) is 19.8. The molecule has 0 spiro atoms. The monoisotopic (exact) mass is 411 g/mol. The summed E-state index contributed by atoms with van der Waals surface area (Å²) >= 11 is 6.02. The van der Waals surface area contributed by atoms with Gasteiger partial charge in [0.15, 0.2) is 5.82 Å². The quantitative estimate of drug-likeness (QED) is 0.429. The summed E-state index contributed by atoms with van der Waals surface area (Å²) in [5.41, 5.74) is 1.13. The van der Waals surface area contributed by atoms with Crippen molar-refractivity contribution in [3.8, 4) is 0 Å². The maximum absolute atomic E-state index is 6.02. The number of hydrogen-bond donors (Lipinski definition) is 1. The van der Waals surface area contributed by atoms with E-state index in [4.69, 9.17) is 11.6 Å². The molecule has 152 valence electrons. The number of nitrogens with one attached hydrogen (secondary N) is 1. The van der Waals surface area contributed by atoms with Gasteiger partial charge in [0.25, 0.3) is 0 Å². The molecule has 0 amide bonds. The van der Waals surface area contributed by atoms with Gasteiger partial charge in [-0.15, -0.1) is 5.10 Å². The van der Waals surface area contributed by atoms with Gasteiger partial charge in [0.2, 0.25) is 0 Å². The molecule has 1 aromatic carbocycles. The minimum Gasteiger partial charge on any atom is -0.337 e. The molecule has 29 heavy (non-hydrogen) atoms. The second-order valence-corrected chi connectivity index (χ2v) is 7.89. The number of aromatic nitrogens is 6. The average Bonchev–Trinajstić information content (AvgIpc) is 3.43. The smallest absolute Gasteiger partial charge is 0.168 e. The molecule has 0 bridgehead atoms. The number of allylic oxidation sites excluding steroid dienone is 2. The Balaban J connectivity index is 1.46. The lowest BCUT2D eigenvalue weighted by Gasteiger charge is -2.28. The highest BCUT2D eigenvalue weighted by atomic mass is 35.5.